The maximum Gasteiger partial charge on any atom is 0 e. The number of rotatable bonds is 2. The molecule has 0 atom stereocenters. The maximum atomic E-state index is 7.50. The van der Waals surface area contributed by atoms with Gasteiger partial charge in [-0.1, -0.05) is 54.6 Å². The molecule has 0 aromatic heterocycles. The molecule has 0 saturated heterocycles. The van der Waals surface area contributed by atoms with Crippen molar-refractivity contribution in [1.82, 2.24) is 0 Å². The third kappa shape index (κ3) is 6.08. The molecule has 26 heavy (non-hydrogen) atoms. The number of benzene rings is 3. The Bertz CT molecular complexity index is 847. The van der Waals surface area contributed by atoms with Gasteiger partial charge in [0.05, 0.1) is 7.11 Å². The van der Waals surface area contributed by atoms with Gasteiger partial charge >= 0.3 is 33.9 Å². The van der Waals surface area contributed by atoms with E-state index in [0.29, 0.717) is 0 Å². The molecule has 0 aliphatic rings. The Morgan fingerprint density at radius 2 is 1.27 bits per heavy atom. The second-order valence-corrected chi connectivity index (χ2v) is 4.68. The summed E-state index contributed by atoms with van der Waals surface area (Å²) in [6, 6.07) is 21.0. The summed E-state index contributed by atoms with van der Waals surface area (Å²) in [4.78, 5) is 0. The summed E-state index contributed by atoms with van der Waals surface area (Å²) in [5.74, 6) is 0.927. The molecule has 5 heteroatoms. The van der Waals surface area contributed by atoms with Gasteiger partial charge in [-0.05, 0) is 34.9 Å². The maximum absolute atomic E-state index is 7.50. The largest absolute Gasteiger partial charge is 0 e. The fourth-order valence-electron chi connectivity index (χ4n) is 2.60. The van der Waals surface area contributed by atoms with Gasteiger partial charge in [-0.25, -0.2) is 0 Å². The van der Waals surface area contributed by atoms with Crippen LogP contribution in [-0.4, -0.2) is 7.11 Å². The van der Waals surface area contributed by atoms with E-state index in [0.717, 1.165) is 5.75 Å². The van der Waals surface area contributed by atoms with E-state index in [4.69, 9.17) is 18.7 Å². The fraction of sp³-hybridized carbons (Fsp3) is 0.0952. The summed E-state index contributed by atoms with van der Waals surface area (Å²) in [6.07, 6.45) is 0. The Kier molecular flexibility index (Phi) is 14.6. The minimum absolute atomic E-state index is 0. The smallest absolute Gasteiger partial charge is 0 e. The van der Waals surface area contributed by atoms with E-state index in [1.165, 1.54) is 27.5 Å². The second kappa shape index (κ2) is 14.8. The summed E-state index contributed by atoms with van der Waals surface area (Å²) in [7, 11) is 1.73. The molecule has 0 bridgehead atoms. The molecular formula is C21H16CrO4. The van der Waals surface area contributed by atoms with Crippen LogP contribution in [0.25, 0.3) is 21.9 Å². The Labute approximate surface area is 164 Å². The fourth-order valence-corrected chi connectivity index (χ4v) is 2.60. The number of aryl methyl sites for hydroxylation is 1. The van der Waals surface area contributed by atoms with Crippen LogP contribution in [0.3, 0.4) is 0 Å². The first-order chi connectivity index (χ1) is 12.3. The summed E-state index contributed by atoms with van der Waals surface area (Å²) in [6.45, 7) is 15.6. The molecule has 0 aliphatic heterocycles. The monoisotopic (exact) mass is 384 g/mol. The quantitative estimate of drug-likeness (QED) is 0.466. The molecule has 130 valence electrons. The van der Waals surface area contributed by atoms with Crippen molar-refractivity contribution in [1.29, 1.82) is 0 Å². The molecule has 4 nitrogen and oxygen atoms in total. The van der Waals surface area contributed by atoms with Crippen molar-refractivity contribution >= 4 is 10.8 Å². The van der Waals surface area contributed by atoms with Gasteiger partial charge in [0.15, 0.2) is 0 Å². The van der Waals surface area contributed by atoms with Crippen molar-refractivity contribution < 1.29 is 36.1 Å². The van der Waals surface area contributed by atoms with Crippen LogP contribution in [0, 0.1) is 26.9 Å². The molecule has 0 heterocycles. The molecule has 0 aliphatic carbocycles. The van der Waals surface area contributed by atoms with E-state index in [9.17, 15) is 0 Å². The second-order valence-electron chi connectivity index (χ2n) is 4.68. The van der Waals surface area contributed by atoms with Crippen LogP contribution in [0.15, 0.2) is 60.7 Å². The topological polar surface area (TPSA) is 68.9 Å². The molecule has 0 spiro atoms. The average Bonchev–Trinajstić information content (AvgIpc) is 2.72. The normalized spacial score (nSPS) is 8.00. The molecule has 3 aromatic rings. The predicted octanol–water partition coefficient (Wildman–Crippen LogP) is 4.71. The van der Waals surface area contributed by atoms with Crippen molar-refractivity contribution in [2.24, 2.45) is 0 Å². The zero-order valence-electron chi connectivity index (χ0n) is 14.3. The Morgan fingerprint density at radius 1 is 0.731 bits per heavy atom. The van der Waals surface area contributed by atoms with Gasteiger partial charge in [0.1, 0.15) is 5.75 Å². The van der Waals surface area contributed by atoms with Crippen molar-refractivity contribution in [3.63, 3.8) is 0 Å². The minimum atomic E-state index is 0. The molecule has 0 radical (unpaired) electrons. The zero-order valence-corrected chi connectivity index (χ0v) is 15.6. The van der Waals surface area contributed by atoms with Gasteiger partial charge in [0.25, 0.3) is 0 Å². The van der Waals surface area contributed by atoms with Gasteiger partial charge in [-0.3, -0.25) is 0 Å². The summed E-state index contributed by atoms with van der Waals surface area (Å²) < 4.78 is 28.0. The first-order valence-electron chi connectivity index (χ1n) is 7.04. The number of fused-ring (bicyclic) bond motifs is 1. The standard InChI is InChI=1S/C18H16O.3CO.Cr/c1-13-7-5-12-17(19-2)18(13)16-11-6-9-14-8-3-4-10-15(14)16;3*1-2;/h3-12H,1-2H3;;;;. The van der Waals surface area contributed by atoms with Crippen LogP contribution in [-0.2, 0) is 31.3 Å². The number of hydrogen-bond donors (Lipinski definition) is 0. The van der Waals surface area contributed by atoms with E-state index < -0.39 is 0 Å². The predicted molar refractivity (Wildman–Crippen MR) is 92.5 cm³/mol. The van der Waals surface area contributed by atoms with Gasteiger partial charge in [0.2, 0.25) is 0 Å². The van der Waals surface area contributed by atoms with E-state index in [-0.39, 0.29) is 17.4 Å². The van der Waals surface area contributed by atoms with Gasteiger partial charge in [0, 0.05) is 22.9 Å². The Balaban J connectivity index is 0. The molecule has 3 rings (SSSR count). The summed E-state index contributed by atoms with van der Waals surface area (Å²) >= 11 is 0. The number of hydrogen-bond acceptors (Lipinski definition) is 1. The molecule has 0 amide bonds. The number of methoxy groups -OCH3 is 1. The van der Waals surface area contributed by atoms with Crippen molar-refractivity contribution in [2.45, 2.75) is 6.92 Å². The molecule has 0 fully saturated rings. The molecule has 0 N–H and O–H groups in total. The van der Waals surface area contributed by atoms with Crippen molar-refractivity contribution in [3.05, 3.63) is 86.2 Å². The van der Waals surface area contributed by atoms with Crippen LogP contribution in [0.2, 0.25) is 0 Å². The van der Waals surface area contributed by atoms with Crippen molar-refractivity contribution in [3.8, 4) is 16.9 Å². The molecular weight excluding hydrogens is 368 g/mol. The average molecular weight is 384 g/mol. The van der Waals surface area contributed by atoms with Gasteiger partial charge in [-0.2, -0.15) is 0 Å². The number of ether oxygens (including phenoxy) is 1. The summed E-state index contributed by atoms with van der Waals surface area (Å²) in [5, 5.41) is 2.52. The Hall–Kier alpha value is -2.53. The first kappa shape index (κ1) is 25.7. The van der Waals surface area contributed by atoms with E-state index in [1.54, 1.807) is 7.11 Å². The van der Waals surface area contributed by atoms with E-state index in [2.05, 4.69) is 75.4 Å². The Morgan fingerprint density at radius 3 is 1.88 bits per heavy atom. The third-order valence-corrected chi connectivity index (χ3v) is 3.51. The van der Waals surface area contributed by atoms with Gasteiger partial charge < -0.3 is 4.74 Å². The van der Waals surface area contributed by atoms with Gasteiger partial charge in [-0.15, -0.1) is 0 Å². The van der Waals surface area contributed by atoms with Crippen LogP contribution in [0.4, 0.5) is 0 Å². The van der Waals surface area contributed by atoms with Crippen LogP contribution < -0.4 is 4.74 Å². The zero-order chi connectivity index (χ0) is 19.2. The third-order valence-electron chi connectivity index (χ3n) is 3.51. The summed E-state index contributed by atoms with van der Waals surface area (Å²) in [5.41, 5.74) is 3.64. The van der Waals surface area contributed by atoms with Crippen molar-refractivity contribution in [2.75, 3.05) is 7.11 Å². The van der Waals surface area contributed by atoms with Crippen LogP contribution in [0.5, 0.6) is 5.75 Å². The molecule has 0 unspecified atom stereocenters. The minimum Gasteiger partial charge on any atom is 0 e. The SMILES string of the molecule is COc1cccc(C)c1-c1cccc2ccccc12.[C-]#[O+].[C-]#[O+].[C-]#[O+].[Cr]. The van der Waals surface area contributed by atoms with E-state index in [1.807, 2.05) is 12.1 Å². The first-order valence-corrected chi connectivity index (χ1v) is 7.04. The molecule has 3 aromatic carbocycles. The van der Waals surface area contributed by atoms with Crippen LogP contribution in [0.1, 0.15) is 5.56 Å². The molecule has 0 saturated carbocycles. The van der Waals surface area contributed by atoms with Crippen LogP contribution >= 0.6 is 0 Å². The van der Waals surface area contributed by atoms with E-state index >= 15 is 0 Å².